The Hall–Kier alpha value is -2.82. The number of nitrogens with one attached hydrogen (secondary N) is 1. The normalized spacial score (nSPS) is 14.7. The van der Waals surface area contributed by atoms with Crippen molar-refractivity contribution in [3.8, 4) is 6.07 Å². The van der Waals surface area contributed by atoms with Crippen LogP contribution in [0.15, 0.2) is 41.0 Å². The number of furan rings is 1. The van der Waals surface area contributed by atoms with Gasteiger partial charge in [-0.25, -0.2) is 0 Å². The Kier molecular flexibility index (Phi) is 5.56. The number of carbonyl (C=O) groups is 2. The minimum Gasteiger partial charge on any atom is -0.459 e. The molecule has 0 saturated carbocycles. The molecule has 2 amide bonds. The van der Waals surface area contributed by atoms with Crippen LogP contribution in [0.5, 0.6) is 0 Å². The quantitative estimate of drug-likeness (QED) is 0.888. The average molecular weight is 373 g/mol. The highest BCUT2D eigenvalue weighted by Gasteiger charge is 2.24. The summed E-state index contributed by atoms with van der Waals surface area (Å²) in [6, 6.07) is 10.1. The van der Waals surface area contributed by atoms with Crippen molar-refractivity contribution in [3.05, 3.63) is 52.9 Å². The van der Waals surface area contributed by atoms with E-state index in [2.05, 4.69) is 5.32 Å². The van der Waals surface area contributed by atoms with E-state index in [0.717, 1.165) is 0 Å². The van der Waals surface area contributed by atoms with E-state index in [4.69, 9.17) is 21.3 Å². The second kappa shape index (κ2) is 8.04. The van der Waals surface area contributed by atoms with Crippen molar-refractivity contribution in [2.75, 3.05) is 38.0 Å². The molecule has 7 nitrogen and oxygen atoms in total. The van der Waals surface area contributed by atoms with Gasteiger partial charge in [-0.2, -0.15) is 5.26 Å². The number of benzene rings is 1. The summed E-state index contributed by atoms with van der Waals surface area (Å²) >= 11 is 5.92. The monoisotopic (exact) mass is 372 g/mol. The molecule has 1 aromatic heterocycles. The van der Waals surface area contributed by atoms with Crippen LogP contribution >= 0.6 is 11.6 Å². The maximum Gasteiger partial charge on any atom is 0.289 e. The highest BCUT2D eigenvalue weighted by Crippen LogP contribution is 2.20. The number of hydrogen-bond acceptors (Lipinski definition) is 5. The van der Waals surface area contributed by atoms with Crippen molar-refractivity contribution in [2.24, 2.45) is 0 Å². The molecular weight excluding hydrogens is 356 g/mol. The van der Waals surface area contributed by atoms with Crippen molar-refractivity contribution in [3.63, 3.8) is 0 Å². The molecule has 1 aromatic carbocycles. The fraction of sp³-hybridized carbons (Fsp3) is 0.278. The number of halogens is 1. The third-order valence-electron chi connectivity index (χ3n) is 4.13. The predicted molar refractivity (Wildman–Crippen MR) is 95.8 cm³/mol. The molecule has 1 aliphatic heterocycles. The molecule has 8 heteroatoms. The molecule has 1 saturated heterocycles. The molecule has 2 aromatic rings. The molecule has 0 aliphatic carbocycles. The zero-order chi connectivity index (χ0) is 18.5. The van der Waals surface area contributed by atoms with Crippen molar-refractivity contribution in [1.29, 1.82) is 5.26 Å². The molecule has 134 valence electrons. The summed E-state index contributed by atoms with van der Waals surface area (Å²) in [6.45, 7) is 2.39. The Morgan fingerprint density at radius 3 is 2.65 bits per heavy atom. The van der Waals surface area contributed by atoms with Crippen LogP contribution in [-0.2, 0) is 4.79 Å². The summed E-state index contributed by atoms with van der Waals surface area (Å²) in [5.41, 5.74) is 0.758. The predicted octanol–water partition coefficient (Wildman–Crippen LogP) is 2.20. The van der Waals surface area contributed by atoms with Crippen LogP contribution in [0.2, 0.25) is 5.02 Å². The van der Waals surface area contributed by atoms with Gasteiger partial charge in [0.15, 0.2) is 5.76 Å². The molecule has 2 heterocycles. The standard InChI is InChI=1S/C18H17ClN4O3/c19-14-4-3-13(11-20)15(10-14)21-17(24)12-22-5-7-23(8-6-22)18(25)16-2-1-9-26-16/h1-4,9-10H,5-8,12H2,(H,21,24). The highest BCUT2D eigenvalue weighted by atomic mass is 35.5. The minimum absolute atomic E-state index is 0.142. The molecule has 0 spiro atoms. The van der Waals surface area contributed by atoms with E-state index in [1.165, 1.54) is 6.26 Å². The second-order valence-corrected chi connectivity index (χ2v) is 6.33. The van der Waals surface area contributed by atoms with E-state index in [1.54, 1.807) is 35.2 Å². The lowest BCUT2D eigenvalue weighted by molar-refractivity contribution is -0.117. The molecule has 3 rings (SSSR count). The smallest absolute Gasteiger partial charge is 0.289 e. The highest BCUT2D eigenvalue weighted by molar-refractivity contribution is 6.31. The van der Waals surface area contributed by atoms with E-state index in [9.17, 15) is 9.59 Å². The summed E-state index contributed by atoms with van der Waals surface area (Å²) in [7, 11) is 0. The van der Waals surface area contributed by atoms with E-state index in [0.29, 0.717) is 48.2 Å². The van der Waals surface area contributed by atoms with Crippen molar-refractivity contribution in [2.45, 2.75) is 0 Å². The molecule has 0 radical (unpaired) electrons. The molecule has 1 fully saturated rings. The van der Waals surface area contributed by atoms with E-state index < -0.39 is 0 Å². The number of carbonyl (C=O) groups excluding carboxylic acids is 2. The lowest BCUT2D eigenvalue weighted by atomic mass is 10.2. The van der Waals surface area contributed by atoms with Crippen LogP contribution in [0, 0.1) is 11.3 Å². The number of hydrogen-bond donors (Lipinski definition) is 1. The van der Waals surface area contributed by atoms with Gasteiger partial charge in [0, 0.05) is 31.2 Å². The Morgan fingerprint density at radius 1 is 1.23 bits per heavy atom. The molecule has 1 N–H and O–H groups in total. The van der Waals surface area contributed by atoms with Gasteiger partial charge in [0.25, 0.3) is 5.91 Å². The van der Waals surface area contributed by atoms with E-state index in [-0.39, 0.29) is 18.4 Å². The average Bonchev–Trinajstić information content (AvgIpc) is 3.16. The third-order valence-corrected chi connectivity index (χ3v) is 4.37. The minimum atomic E-state index is -0.227. The third kappa shape index (κ3) is 4.23. The molecule has 1 aliphatic rings. The summed E-state index contributed by atoms with van der Waals surface area (Å²) < 4.78 is 5.13. The van der Waals surface area contributed by atoms with Gasteiger partial charge >= 0.3 is 0 Å². The van der Waals surface area contributed by atoms with Gasteiger partial charge in [-0.1, -0.05) is 11.6 Å². The number of amides is 2. The second-order valence-electron chi connectivity index (χ2n) is 5.90. The maximum absolute atomic E-state index is 12.3. The topological polar surface area (TPSA) is 89.6 Å². The molecule has 0 bridgehead atoms. The Morgan fingerprint density at radius 2 is 2.00 bits per heavy atom. The Balaban J connectivity index is 1.52. The fourth-order valence-electron chi connectivity index (χ4n) is 2.78. The zero-order valence-electron chi connectivity index (χ0n) is 13.9. The first-order valence-electron chi connectivity index (χ1n) is 8.11. The maximum atomic E-state index is 12.3. The number of nitriles is 1. The van der Waals surface area contributed by atoms with Crippen LogP contribution in [-0.4, -0.2) is 54.3 Å². The van der Waals surface area contributed by atoms with Gasteiger partial charge in [-0.05, 0) is 30.3 Å². The summed E-state index contributed by atoms with van der Waals surface area (Å²) in [4.78, 5) is 28.1. The van der Waals surface area contributed by atoms with Gasteiger partial charge in [0.05, 0.1) is 24.1 Å². The summed E-state index contributed by atoms with van der Waals surface area (Å²) in [5.74, 6) is -0.0487. The van der Waals surface area contributed by atoms with Crippen molar-refractivity contribution < 1.29 is 14.0 Å². The van der Waals surface area contributed by atoms with Gasteiger partial charge in [-0.15, -0.1) is 0 Å². The van der Waals surface area contributed by atoms with Crippen LogP contribution in [0.4, 0.5) is 5.69 Å². The van der Waals surface area contributed by atoms with E-state index in [1.807, 2.05) is 11.0 Å². The summed E-state index contributed by atoms with van der Waals surface area (Å²) in [6.07, 6.45) is 1.47. The number of anilines is 1. The molecule has 0 atom stereocenters. The lowest BCUT2D eigenvalue weighted by Crippen LogP contribution is -2.50. The van der Waals surface area contributed by atoms with Gasteiger partial charge in [-0.3, -0.25) is 14.5 Å². The zero-order valence-corrected chi connectivity index (χ0v) is 14.7. The molecule has 26 heavy (non-hydrogen) atoms. The van der Waals surface area contributed by atoms with Crippen LogP contribution in [0.25, 0.3) is 0 Å². The Bertz CT molecular complexity index is 837. The summed E-state index contributed by atoms with van der Waals surface area (Å²) in [5, 5.41) is 12.3. The van der Waals surface area contributed by atoms with Gasteiger partial charge in [0.2, 0.25) is 5.91 Å². The number of piperazine rings is 1. The first kappa shape index (κ1) is 18.0. The fourth-order valence-corrected chi connectivity index (χ4v) is 2.95. The van der Waals surface area contributed by atoms with Gasteiger partial charge < -0.3 is 14.6 Å². The lowest BCUT2D eigenvalue weighted by Gasteiger charge is -2.33. The van der Waals surface area contributed by atoms with Crippen LogP contribution in [0.3, 0.4) is 0 Å². The Labute approximate surface area is 155 Å². The largest absolute Gasteiger partial charge is 0.459 e. The first-order valence-corrected chi connectivity index (χ1v) is 8.49. The number of rotatable bonds is 4. The van der Waals surface area contributed by atoms with E-state index >= 15 is 0 Å². The SMILES string of the molecule is N#Cc1ccc(Cl)cc1NC(=O)CN1CCN(C(=O)c2ccco2)CC1. The first-order chi connectivity index (χ1) is 12.6. The molecule has 0 unspecified atom stereocenters. The molecular formula is C18H17ClN4O3. The van der Waals surface area contributed by atoms with Crippen molar-refractivity contribution in [1.82, 2.24) is 9.80 Å². The van der Waals surface area contributed by atoms with Crippen LogP contribution in [0.1, 0.15) is 16.1 Å². The van der Waals surface area contributed by atoms with Crippen molar-refractivity contribution >= 4 is 29.1 Å². The number of nitrogens with zero attached hydrogens (tertiary/aromatic N) is 3. The van der Waals surface area contributed by atoms with Crippen LogP contribution < -0.4 is 5.32 Å². The van der Waals surface area contributed by atoms with Gasteiger partial charge in [0.1, 0.15) is 6.07 Å².